The van der Waals surface area contributed by atoms with Gasteiger partial charge in [-0.15, -0.1) is 0 Å². The summed E-state index contributed by atoms with van der Waals surface area (Å²) in [5, 5.41) is 29.5. The monoisotopic (exact) mass is 1150 g/mol. The van der Waals surface area contributed by atoms with Crippen molar-refractivity contribution in [3.05, 3.63) is 167 Å². The Morgan fingerprint density at radius 2 is 1.05 bits per heavy atom. The Balaban J connectivity index is 1.17. The first-order valence-electron chi connectivity index (χ1n) is 29.0. The van der Waals surface area contributed by atoms with Crippen molar-refractivity contribution in [2.24, 2.45) is 11.7 Å². The third-order valence-electron chi connectivity index (χ3n) is 14.9. The smallest absolute Gasteiger partial charge is 0.407 e. The number of ether oxygens (including phenoxy) is 2. The average molecular weight is 1150 g/mol. The third-order valence-corrected chi connectivity index (χ3v) is 14.9. The van der Waals surface area contributed by atoms with Crippen LogP contribution in [0.15, 0.2) is 140 Å². The molecule has 10 N–H and O–H groups in total. The van der Waals surface area contributed by atoms with Gasteiger partial charge in [0.2, 0.25) is 29.5 Å². The number of alkyl carbamates (subject to hydrolysis) is 2. The lowest BCUT2D eigenvalue weighted by molar-refractivity contribution is -0.142. The van der Waals surface area contributed by atoms with Gasteiger partial charge < -0.3 is 57.5 Å². The number of fused-ring (bicyclic) bond motifs is 3. The molecule has 0 saturated heterocycles. The molecule has 6 rings (SSSR count). The summed E-state index contributed by atoms with van der Waals surface area (Å²) in [7, 11) is 0. The van der Waals surface area contributed by atoms with Crippen molar-refractivity contribution in [3.63, 3.8) is 0 Å². The Kier molecular flexibility index (Phi) is 24.0. The second-order valence-corrected chi connectivity index (χ2v) is 22.2. The van der Waals surface area contributed by atoms with Crippen molar-refractivity contribution in [3.8, 4) is 11.1 Å². The van der Waals surface area contributed by atoms with E-state index in [9.17, 15) is 43.5 Å². The predicted molar refractivity (Wildman–Crippen MR) is 320 cm³/mol. The van der Waals surface area contributed by atoms with Crippen molar-refractivity contribution >= 4 is 47.7 Å². The van der Waals surface area contributed by atoms with E-state index in [-0.39, 0.29) is 44.8 Å². The van der Waals surface area contributed by atoms with Gasteiger partial charge in [-0.05, 0) is 124 Å². The molecule has 84 heavy (non-hydrogen) atoms. The van der Waals surface area contributed by atoms with Crippen LogP contribution < -0.4 is 43.0 Å². The minimum atomic E-state index is -1.47. The van der Waals surface area contributed by atoms with Crippen LogP contribution in [-0.2, 0) is 43.8 Å². The van der Waals surface area contributed by atoms with E-state index in [0.29, 0.717) is 38.6 Å². The molecule has 0 fully saturated rings. The SMILES string of the molecule is CC[C@H](C)[C@H](NC(=O)[C@H](CCCCNC(=O)OC(C)(C)C)NC(=O)OCC1c2ccccc2-c2ccccc21)C(=O)N[C@@H](C)C(=O)N[C@@H](CCC(=O)NC(c1ccccc1)(c1ccccc1)c1ccccc1)C(=O)N[C@@H](CCCCN)C(=O)O. The molecule has 1 aliphatic rings. The summed E-state index contributed by atoms with van der Waals surface area (Å²) in [6, 6.07) is 37.4. The van der Waals surface area contributed by atoms with Gasteiger partial charge in [0.05, 0.1) is 0 Å². The number of carboxylic acid groups (broad SMARTS) is 1. The highest BCUT2D eigenvalue weighted by Gasteiger charge is 2.39. The largest absolute Gasteiger partial charge is 0.480 e. The molecule has 0 unspecified atom stereocenters. The van der Waals surface area contributed by atoms with Gasteiger partial charge in [0.1, 0.15) is 48.0 Å². The fourth-order valence-electron chi connectivity index (χ4n) is 10.3. The summed E-state index contributed by atoms with van der Waals surface area (Å²) in [5.41, 5.74) is 10.1. The van der Waals surface area contributed by atoms with Crippen LogP contribution in [0.1, 0.15) is 133 Å². The van der Waals surface area contributed by atoms with Crippen LogP contribution in [-0.4, -0.2) is 108 Å². The summed E-state index contributed by atoms with van der Waals surface area (Å²) in [6.07, 6.45) is 0.134. The molecule has 19 heteroatoms. The number of hydrogen-bond acceptors (Lipinski definition) is 11. The summed E-state index contributed by atoms with van der Waals surface area (Å²) < 4.78 is 11.2. The van der Waals surface area contributed by atoms with Gasteiger partial charge in [0, 0.05) is 18.9 Å². The van der Waals surface area contributed by atoms with Crippen LogP contribution >= 0.6 is 0 Å². The summed E-state index contributed by atoms with van der Waals surface area (Å²) in [6.45, 7) is 10.7. The van der Waals surface area contributed by atoms with Crippen molar-refractivity contribution in [2.45, 2.75) is 147 Å². The Labute approximate surface area is 492 Å². The van der Waals surface area contributed by atoms with Crippen molar-refractivity contribution in [1.82, 2.24) is 37.2 Å². The maximum Gasteiger partial charge on any atom is 0.407 e. The summed E-state index contributed by atoms with van der Waals surface area (Å²) in [4.78, 5) is 110. The number of carbonyl (C=O) groups is 8. The number of rotatable bonds is 30. The lowest BCUT2D eigenvalue weighted by Crippen LogP contribution is -2.59. The molecule has 0 radical (unpaired) electrons. The normalized spacial score (nSPS) is 14.1. The van der Waals surface area contributed by atoms with E-state index in [2.05, 4.69) is 37.2 Å². The zero-order valence-corrected chi connectivity index (χ0v) is 48.9. The maximum absolute atomic E-state index is 14.5. The van der Waals surface area contributed by atoms with Crippen LogP contribution in [0, 0.1) is 5.92 Å². The van der Waals surface area contributed by atoms with Crippen LogP contribution in [0.3, 0.4) is 0 Å². The Morgan fingerprint density at radius 3 is 1.57 bits per heavy atom. The number of benzene rings is 5. The first kappa shape index (κ1) is 64.6. The number of nitrogens with one attached hydrogen (secondary N) is 7. The van der Waals surface area contributed by atoms with E-state index in [1.807, 2.05) is 146 Å². The number of nitrogens with two attached hydrogens (primary N) is 1. The zero-order chi connectivity index (χ0) is 60.8. The first-order valence-corrected chi connectivity index (χ1v) is 29.0. The van der Waals surface area contributed by atoms with Gasteiger partial charge in [-0.25, -0.2) is 14.4 Å². The highest BCUT2D eigenvalue weighted by molar-refractivity contribution is 5.96. The molecule has 5 aromatic carbocycles. The summed E-state index contributed by atoms with van der Waals surface area (Å²) in [5.74, 6) is -5.70. The highest BCUT2D eigenvalue weighted by Crippen LogP contribution is 2.44. The van der Waals surface area contributed by atoms with Gasteiger partial charge in [0.15, 0.2) is 0 Å². The molecule has 0 bridgehead atoms. The van der Waals surface area contributed by atoms with Crippen LogP contribution in [0.25, 0.3) is 11.1 Å². The fourth-order valence-corrected chi connectivity index (χ4v) is 10.3. The molecule has 6 atom stereocenters. The standard InChI is InChI=1S/C65H82N8O11/c1-7-42(2)56(72-59(77)52(35-22-24-40-67-62(81)84-64(4,5)6)71-63(82)83-41-51-49-33-19-17-31-47(49)48-32-18-20-34-50(48)51)60(78)68-43(3)57(75)69-53(58(76)70-54(61(79)80)36-21-23-39-66)37-38-55(74)73-65(44-25-11-8-12-26-44,45-27-13-9-14-28-45)46-29-15-10-16-30-46/h8-20,25-34,42-43,51-54,56H,7,21-24,35-41,66H2,1-6H3,(H,67,81)(H,68,78)(H,69,75)(H,70,76)(H,71,82)(H,72,77)(H,73,74)(H,79,80)/t42-,43-,52-,53-,54-,56-/m0/s1. The zero-order valence-electron chi connectivity index (χ0n) is 48.9. The lowest BCUT2D eigenvalue weighted by Gasteiger charge is -2.37. The molecule has 0 spiro atoms. The quantitative estimate of drug-likeness (QED) is 0.0158. The Hall–Kier alpha value is -8.58. The highest BCUT2D eigenvalue weighted by atomic mass is 16.6. The summed E-state index contributed by atoms with van der Waals surface area (Å²) >= 11 is 0. The average Bonchev–Trinajstić information content (AvgIpc) is 1.85. The van der Waals surface area contributed by atoms with Crippen LogP contribution in [0.2, 0.25) is 0 Å². The minimum absolute atomic E-state index is 0.0199. The molecule has 5 aromatic rings. The van der Waals surface area contributed by atoms with E-state index in [1.165, 1.54) is 6.92 Å². The molecular formula is C65H82N8O11. The fraction of sp³-hybridized carbons (Fsp3) is 0.415. The minimum Gasteiger partial charge on any atom is -0.480 e. The van der Waals surface area contributed by atoms with E-state index in [1.54, 1.807) is 27.7 Å². The Morgan fingerprint density at radius 1 is 0.560 bits per heavy atom. The molecule has 1 aliphatic carbocycles. The van der Waals surface area contributed by atoms with Gasteiger partial charge in [-0.1, -0.05) is 160 Å². The second kappa shape index (κ2) is 31.2. The number of carbonyl (C=O) groups excluding carboxylic acids is 7. The maximum atomic E-state index is 14.5. The van der Waals surface area contributed by atoms with E-state index in [4.69, 9.17) is 15.2 Å². The number of aliphatic carboxylic acids is 1. The van der Waals surface area contributed by atoms with Crippen LogP contribution in [0.4, 0.5) is 9.59 Å². The molecule has 19 nitrogen and oxygen atoms in total. The van der Waals surface area contributed by atoms with Gasteiger partial charge in [0.25, 0.3) is 0 Å². The molecule has 448 valence electrons. The number of amides is 7. The van der Waals surface area contributed by atoms with E-state index < -0.39 is 95.0 Å². The van der Waals surface area contributed by atoms with Crippen molar-refractivity contribution < 1.29 is 52.9 Å². The number of hydrogen-bond donors (Lipinski definition) is 9. The molecule has 0 saturated carbocycles. The third kappa shape index (κ3) is 18.0. The van der Waals surface area contributed by atoms with Gasteiger partial charge in [-0.2, -0.15) is 0 Å². The van der Waals surface area contributed by atoms with Crippen molar-refractivity contribution in [1.29, 1.82) is 0 Å². The van der Waals surface area contributed by atoms with Crippen molar-refractivity contribution in [2.75, 3.05) is 19.7 Å². The molecule has 7 amide bonds. The van der Waals surface area contributed by atoms with Crippen LogP contribution in [0.5, 0.6) is 0 Å². The number of carboxylic acids is 1. The van der Waals surface area contributed by atoms with E-state index >= 15 is 0 Å². The lowest BCUT2D eigenvalue weighted by atomic mass is 9.77. The Bertz CT molecular complexity index is 2870. The number of unbranched alkanes of at least 4 members (excludes halogenated alkanes) is 2. The molecule has 0 aromatic heterocycles. The molecular weight excluding hydrogens is 1070 g/mol. The molecule has 0 heterocycles. The van der Waals surface area contributed by atoms with Gasteiger partial charge >= 0.3 is 18.2 Å². The molecule has 0 aliphatic heterocycles. The first-order chi connectivity index (χ1) is 40.3. The predicted octanol–water partition coefficient (Wildman–Crippen LogP) is 7.70. The second-order valence-electron chi connectivity index (χ2n) is 22.2. The van der Waals surface area contributed by atoms with E-state index in [0.717, 1.165) is 38.9 Å². The topological polar surface area (TPSA) is 285 Å². The van der Waals surface area contributed by atoms with Gasteiger partial charge in [-0.3, -0.25) is 24.0 Å².